The maximum absolute atomic E-state index is 13.0. The van der Waals surface area contributed by atoms with Crippen LogP contribution < -0.4 is 15.4 Å². The Balaban J connectivity index is 1.73. The van der Waals surface area contributed by atoms with Crippen LogP contribution in [0.25, 0.3) is 6.08 Å². The van der Waals surface area contributed by atoms with E-state index in [9.17, 15) is 9.59 Å². The number of para-hydroxylation sites is 1. The highest BCUT2D eigenvalue weighted by molar-refractivity contribution is 6.21. The first-order valence-electron chi connectivity index (χ1n) is 11.1. The zero-order valence-corrected chi connectivity index (χ0v) is 18.9. The molecule has 0 saturated heterocycles. The number of carbonyl (C=O) groups is 2. The largest absolute Gasteiger partial charge is 0.478 e. The predicted molar refractivity (Wildman–Crippen MR) is 132 cm³/mol. The molecule has 0 aliphatic heterocycles. The molecule has 34 heavy (non-hydrogen) atoms. The Morgan fingerprint density at radius 1 is 0.765 bits per heavy atom. The van der Waals surface area contributed by atoms with E-state index in [2.05, 4.69) is 10.6 Å². The molecule has 0 spiro atoms. The number of hydrogen-bond donors (Lipinski definition) is 2. The lowest BCUT2D eigenvalue weighted by Crippen LogP contribution is -2.36. The molecular formula is C28H27N3O3. The quantitative estimate of drug-likeness (QED) is 0.263. The van der Waals surface area contributed by atoms with Crippen molar-refractivity contribution in [3.8, 4) is 11.8 Å². The van der Waals surface area contributed by atoms with E-state index in [0.717, 1.165) is 11.1 Å². The molecular weight excluding hydrogens is 426 g/mol. The minimum atomic E-state index is -0.469. The maximum atomic E-state index is 13.0. The Morgan fingerprint density at radius 2 is 1.26 bits per heavy atom. The second-order valence-electron chi connectivity index (χ2n) is 7.53. The first kappa shape index (κ1) is 24.3. The van der Waals surface area contributed by atoms with Gasteiger partial charge in [0, 0.05) is 18.7 Å². The van der Waals surface area contributed by atoms with Crippen LogP contribution in [0.5, 0.6) is 5.75 Å². The molecule has 0 atom stereocenters. The van der Waals surface area contributed by atoms with Crippen LogP contribution in [0.4, 0.5) is 0 Å². The highest BCUT2D eigenvalue weighted by Gasteiger charge is 2.19. The number of nitrogens with zero attached hydrogens (tertiary/aromatic N) is 1. The van der Waals surface area contributed by atoms with Gasteiger partial charge in [0.25, 0.3) is 11.8 Å². The first-order chi connectivity index (χ1) is 16.7. The molecule has 0 fully saturated rings. The standard InChI is InChI=1S/C28H27N3O3/c29-17-20-34-26-14-8-7-13-24(26)21-25(27(32)30-18-15-22-9-3-1-4-10-22)28(33)31-19-16-23-11-5-2-6-12-23/h1-14,21H,15-16,18-20H2,(H,30,32)(H,31,33). The van der Waals surface area contributed by atoms with Gasteiger partial charge in [-0.2, -0.15) is 5.26 Å². The van der Waals surface area contributed by atoms with Crippen LogP contribution in [-0.2, 0) is 22.4 Å². The van der Waals surface area contributed by atoms with Gasteiger partial charge in [-0.05, 0) is 36.1 Å². The number of hydrogen-bond acceptors (Lipinski definition) is 4. The van der Waals surface area contributed by atoms with E-state index in [4.69, 9.17) is 10.00 Å². The second-order valence-corrected chi connectivity index (χ2v) is 7.53. The minimum absolute atomic E-state index is 0.0193. The second kappa shape index (κ2) is 13.2. The summed E-state index contributed by atoms with van der Waals surface area (Å²) in [5.74, 6) is -0.512. The molecule has 6 nitrogen and oxygen atoms in total. The van der Waals surface area contributed by atoms with Crippen LogP contribution in [0.3, 0.4) is 0 Å². The van der Waals surface area contributed by atoms with Gasteiger partial charge >= 0.3 is 0 Å². The Hall–Kier alpha value is -4.37. The molecule has 0 unspecified atom stereocenters. The van der Waals surface area contributed by atoms with Crippen molar-refractivity contribution in [1.29, 1.82) is 5.26 Å². The molecule has 0 aromatic heterocycles. The van der Waals surface area contributed by atoms with Crippen LogP contribution >= 0.6 is 0 Å². The molecule has 0 saturated carbocycles. The summed E-state index contributed by atoms with van der Waals surface area (Å²) >= 11 is 0. The normalized spacial score (nSPS) is 9.97. The van der Waals surface area contributed by atoms with E-state index < -0.39 is 11.8 Å². The summed E-state index contributed by atoms with van der Waals surface area (Å²) in [6, 6.07) is 28.5. The lowest BCUT2D eigenvalue weighted by atomic mass is 10.1. The summed E-state index contributed by atoms with van der Waals surface area (Å²) in [6.45, 7) is 0.654. The summed E-state index contributed by atoms with van der Waals surface area (Å²) in [6.07, 6.45) is 2.80. The molecule has 6 heteroatoms. The lowest BCUT2D eigenvalue weighted by Gasteiger charge is -2.12. The van der Waals surface area contributed by atoms with Gasteiger partial charge in [0.1, 0.15) is 17.4 Å². The van der Waals surface area contributed by atoms with E-state index in [-0.39, 0.29) is 12.2 Å². The Morgan fingerprint density at radius 3 is 1.79 bits per heavy atom. The van der Waals surface area contributed by atoms with Crippen molar-refractivity contribution in [3.63, 3.8) is 0 Å². The number of nitrogens with one attached hydrogen (secondary N) is 2. The minimum Gasteiger partial charge on any atom is -0.478 e. The van der Waals surface area contributed by atoms with Crippen LogP contribution in [0.2, 0.25) is 0 Å². The maximum Gasteiger partial charge on any atom is 0.256 e. The summed E-state index contributed by atoms with van der Waals surface area (Å²) in [5.41, 5.74) is 2.71. The van der Waals surface area contributed by atoms with E-state index in [1.807, 2.05) is 66.7 Å². The van der Waals surface area contributed by atoms with E-state index in [1.54, 1.807) is 24.3 Å². The lowest BCUT2D eigenvalue weighted by molar-refractivity contribution is -0.123. The van der Waals surface area contributed by atoms with Crippen molar-refractivity contribution in [2.24, 2.45) is 0 Å². The van der Waals surface area contributed by atoms with Gasteiger partial charge in [0.15, 0.2) is 6.61 Å². The van der Waals surface area contributed by atoms with Gasteiger partial charge in [-0.25, -0.2) is 0 Å². The molecule has 3 aromatic rings. The fourth-order valence-corrected chi connectivity index (χ4v) is 3.35. The highest BCUT2D eigenvalue weighted by atomic mass is 16.5. The van der Waals surface area contributed by atoms with Crippen LogP contribution in [0.15, 0.2) is 90.5 Å². The molecule has 172 valence electrons. The van der Waals surface area contributed by atoms with Crippen molar-refractivity contribution >= 4 is 17.9 Å². The molecule has 3 rings (SSSR count). The van der Waals surface area contributed by atoms with Crippen LogP contribution in [-0.4, -0.2) is 31.5 Å². The summed E-state index contributed by atoms with van der Waals surface area (Å²) in [7, 11) is 0. The number of rotatable bonds is 11. The van der Waals surface area contributed by atoms with Gasteiger partial charge < -0.3 is 15.4 Å². The molecule has 0 heterocycles. The Labute approximate surface area is 199 Å². The molecule has 0 aliphatic carbocycles. The van der Waals surface area contributed by atoms with Gasteiger partial charge in [0.05, 0.1) is 0 Å². The number of benzene rings is 3. The number of carbonyl (C=O) groups excluding carboxylic acids is 2. The average Bonchev–Trinajstić information content (AvgIpc) is 2.87. The third-order valence-electron chi connectivity index (χ3n) is 5.08. The number of ether oxygens (including phenoxy) is 1. The number of amides is 2. The summed E-state index contributed by atoms with van der Waals surface area (Å²) < 4.78 is 5.46. The molecule has 0 radical (unpaired) electrons. The molecule has 0 bridgehead atoms. The fraction of sp³-hybridized carbons (Fsp3) is 0.179. The molecule has 0 aliphatic rings. The topological polar surface area (TPSA) is 91.2 Å². The van der Waals surface area contributed by atoms with Gasteiger partial charge in [-0.15, -0.1) is 0 Å². The third-order valence-corrected chi connectivity index (χ3v) is 5.08. The van der Waals surface area contributed by atoms with Crippen molar-refractivity contribution < 1.29 is 14.3 Å². The van der Waals surface area contributed by atoms with Crippen molar-refractivity contribution in [2.45, 2.75) is 12.8 Å². The van der Waals surface area contributed by atoms with Gasteiger partial charge in [-0.1, -0.05) is 78.9 Å². The molecule has 2 amide bonds. The zero-order chi connectivity index (χ0) is 24.0. The van der Waals surface area contributed by atoms with E-state index in [1.165, 1.54) is 6.08 Å². The third kappa shape index (κ3) is 7.64. The highest BCUT2D eigenvalue weighted by Crippen LogP contribution is 2.21. The average molecular weight is 454 g/mol. The van der Waals surface area contributed by atoms with Gasteiger partial charge in [-0.3, -0.25) is 9.59 Å². The number of nitriles is 1. The van der Waals surface area contributed by atoms with Crippen molar-refractivity contribution in [2.75, 3.05) is 19.7 Å². The van der Waals surface area contributed by atoms with E-state index >= 15 is 0 Å². The van der Waals surface area contributed by atoms with Crippen LogP contribution in [0, 0.1) is 11.3 Å². The Bertz CT molecular complexity index is 1090. The smallest absolute Gasteiger partial charge is 0.256 e. The summed E-state index contributed by atoms with van der Waals surface area (Å²) in [4.78, 5) is 26.0. The molecule has 2 N–H and O–H groups in total. The zero-order valence-electron chi connectivity index (χ0n) is 18.9. The monoisotopic (exact) mass is 453 g/mol. The molecule has 3 aromatic carbocycles. The predicted octanol–water partition coefficient (Wildman–Crippen LogP) is 3.69. The van der Waals surface area contributed by atoms with Crippen LogP contribution in [0.1, 0.15) is 16.7 Å². The Kier molecular flexibility index (Phi) is 9.45. The van der Waals surface area contributed by atoms with Crippen molar-refractivity contribution in [1.82, 2.24) is 10.6 Å². The first-order valence-corrected chi connectivity index (χ1v) is 11.1. The summed E-state index contributed by atoms with van der Waals surface area (Å²) in [5, 5.41) is 14.5. The van der Waals surface area contributed by atoms with E-state index in [0.29, 0.717) is 37.2 Å². The fourth-order valence-electron chi connectivity index (χ4n) is 3.35. The SMILES string of the molecule is N#CCOc1ccccc1C=C(C(=O)NCCc1ccccc1)C(=O)NCCc1ccccc1. The van der Waals surface area contributed by atoms with Crippen molar-refractivity contribution in [3.05, 3.63) is 107 Å². The van der Waals surface area contributed by atoms with Gasteiger partial charge in [0.2, 0.25) is 0 Å².